The van der Waals surface area contributed by atoms with Gasteiger partial charge in [0.1, 0.15) is 28.9 Å². The number of hydrogen-bond donors (Lipinski definition) is 3. The minimum Gasteiger partial charge on any atom is -0.493 e. The number of ether oxygens (including phenoxy) is 6. The van der Waals surface area contributed by atoms with Crippen LogP contribution in [0.4, 0.5) is 34.3 Å². The van der Waals surface area contributed by atoms with Crippen LogP contribution < -0.4 is 38.9 Å². The van der Waals surface area contributed by atoms with Crippen molar-refractivity contribution in [3.63, 3.8) is 0 Å². The summed E-state index contributed by atoms with van der Waals surface area (Å²) in [6, 6.07) is 24.6. The van der Waals surface area contributed by atoms with E-state index < -0.39 is 37.5 Å². The summed E-state index contributed by atoms with van der Waals surface area (Å²) in [5, 5.41) is 16.4. The van der Waals surface area contributed by atoms with Crippen molar-refractivity contribution in [1.82, 2.24) is 29.5 Å². The van der Waals surface area contributed by atoms with Crippen molar-refractivity contribution < 1.29 is 46.6 Å². The molecule has 6 aromatic rings. The summed E-state index contributed by atoms with van der Waals surface area (Å²) in [7, 11) is -2.87. The Morgan fingerprint density at radius 1 is 0.831 bits per heavy atom. The second kappa shape index (κ2) is 24.8. The minimum absolute atomic E-state index is 0.0276. The maximum absolute atomic E-state index is 14.9. The molecule has 3 aromatic heterocycles. The number of carbonyl (C=O) groups is 1. The van der Waals surface area contributed by atoms with E-state index in [-0.39, 0.29) is 46.8 Å². The highest BCUT2D eigenvalue weighted by Crippen LogP contribution is 2.55. The topological polar surface area (TPSA) is 232 Å². The fourth-order valence-electron chi connectivity index (χ4n) is 15.4. The van der Waals surface area contributed by atoms with Crippen LogP contribution in [0.25, 0.3) is 11.0 Å². The summed E-state index contributed by atoms with van der Waals surface area (Å²) in [5.74, 6) is 2.45. The zero-order chi connectivity index (χ0) is 61.0. The van der Waals surface area contributed by atoms with Gasteiger partial charge in [-0.05, 0) is 150 Å². The average molecular weight is 1240 g/mol. The quantitative estimate of drug-likeness (QED) is 0.0605. The molecule has 22 nitrogen and oxygen atoms in total. The number of nitrogens with one attached hydrogen (secondary N) is 3. The molecule has 3 N–H and O–H groups in total. The number of para-hydroxylation sites is 1. The van der Waals surface area contributed by atoms with Crippen molar-refractivity contribution in [3.05, 3.63) is 118 Å². The van der Waals surface area contributed by atoms with Gasteiger partial charge in [0.05, 0.1) is 66.2 Å². The summed E-state index contributed by atoms with van der Waals surface area (Å²) in [6.45, 7) is 14.0. The Bertz CT molecular complexity index is 3710. The van der Waals surface area contributed by atoms with Crippen LogP contribution in [0.1, 0.15) is 111 Å². The van der Waals surface area contributed by atoms with E-state index in [1.54, 1.807) is 13.2 Å². The average Bonchev–Trinajstić information content (AvgIpc) is 1.47. The van der Waals surface area contributed by atoms with Crippen LogP contribution in [0.3, 0.4) is 0 Å². The molecule has 3 aromatic carbocycles. The molecule has 8 aliphatic rings. The van der Waals surface area contributed by atoms with Crippen LogP contribution in [0, 0.1) is 21.4 Å². The summed E-state index contributed by atoms with van der Waals surface area (Å²) in [4.78, 5) is 52.1. The van der Waals surface area contributed by atoms with Gasteiger partial charge >= 0.3 is 0 Å². The normalized spacial score (nSPS) is 23.5. The second-order valence-corrected chi connectivity index (χ2v) is 27.4. The van der Waals surface area contributed by atoms with E-state index in [0.717, 1.165) is 138 Å². The molecule has 6 aliphatic heterocycles. The maximum atomic E-state index is 14.9. The number of morpholine rings is 1. The molecule has 472 valence electrons. The third-order valence-corrected chi connectivity index (χ3v) is 21.4. The number of piperazine rings is 1. The number of methoxy groups -OCH3 is 1. The Kier molecular flexibility index (Phi) is 16.6. The zero-order valence-electron chi connectivity index (χ0n) is 51.1. The second-order valence-electron chi connectivity index (χ2n) is 25.8. The van der Waals surface area contributed by atoms with Gasteiger partial charge in [0, 0.05) is 119 Å². The highest BCUT2D eigenvalue weighted by Gasteiger charge is 2.51. The number of nitrogens with zero attached hydrogens (tertiary/aromatic N) is 8. The molecular formula is C66H81N11O11S. The van der Waals surface area contributed by atoms with Gasteiger partial charge in [0.25, 0.3) is 21.6 Å². The Morgan fingerprint density at radius 3 is 2.43 bits per heavy atom. The number of anilines is 5. The highest BCUT2D eigenvalue weighted by molar-refractivity contribution is 7.90. The molecule has 89 heavy (non-hydrogen) atoms. The van der Waals surface area contributed by atoms with E-state index in [9.17, 15) is 23.3 Å². The Labute approximate surface area is 519 Å². The standard InChI is InChI=1S/C66H81N11O11S/c1-42(2)87-59-10-5-4-7-48(59)58-40-74(53-9-6-8-51-50(53)36-60(83-3)63(69-51)73-26-31-85-32-27-73)24-25-75(58)46-37-66(38-46)19-22-72(23-20-66)45-11-13-49(55(34-45)76-54-18-30-86-41-61(54)88-65-57(76)33-44-15-21-67-62(44)70-65)64(78)71-89(81,82)47-12-14-52(56(35-47)77(79)80)68-39-43-16-28-84-29-17-43/h4-5,7,10-15,21,33-36,42-43,46,53-54,58,61,68H,6,8-9,16-20,22-32,37-41H2,1-3H3,(H,67,70)(H,71,78)/t53-,54-,58+,61-/m0/s1. The predicted octanol–water partition coefficient (Wildman–Crippen LogP) is 9.33. The number of fused-ring (bicyclic) bond motifs is 4. The number of aromatic amines is 1. The highest BCUT2D eigenvalue weighted by atomic mass is 32.2. The number of nitro benzene ring substituents is 1. The van der Waals surface area contributed by atoms with Gasteiger partial charge in [-0.3, -0.25) is 24.7 Å². The fraction of sp³-hybridized carbons (Fsp3) is 0.530. The van der Waals surface area contributed by atoms with Crippen LogP contribution >= 0.6 is 0 Å². The molecule has 0 radical (unpaired) electrons. The first-order valence-electron chi connectivity index (χ1n) is 32.0. The van der Waals surface area contributed by atoms with Crippen molar-refractivity contribution in [2.75, 3.05) is 119 Å². The predicted molar refractivity (Wildman–Crippen MR) is 338 cm³/mol. The first kappa shape index (κ1) is 59.3. The molecule has 0 unspecified atom stereocenters. The molecule has 14 rings (SSSR count). The number of carbonyl (C=O) groups excluding carboxylic acids is 1. The van der Waals surface area contributed by atoms with E-state index in [1.807, 2.05) is 30.5 Å². The summed E-state index contributed by atoms with van der Waals surface area (Å²) >= 11 is 0. The monoisotopic (exact) mass is 1240 g/mol. The van der Waals surface area contributed by atoms with Crippen molar-refractivity contribution in [2.45, 2.75) is 119 Å². The minimum atomic E-state index is -4.64. The van der Waals surface area contributed by atoms with Gasteiger partial charge in [0.2, 0.25) is 5.88 Å². The lowest BCUT2D eigenvalue weighted by Crippen LogP contribution is -2.60. The molecule has 0 bridgehead atoms. The van der Waals surface area contributed by atoms with Gasteiger partial charge in [0.15, 0.2) is 11.6 Å². The fourth-order valence-corrected chi connectivity index (χ4v) is 16.4. The van der Waals surface area contributed by atoms with Crippen LogP contribution in [0.5, 0.6) is 17.4 Å². The van der Waals surface area contributed by atoms with Crippen molar-refractivity contribution >= 4 is 61.2 Å². The van der Waals surface area contributed by atoms with E-state index in [2.05, 4.69) is 83.7 Å². The number of benzene rings is 3. The lowest BCUT2D eigenvalue weighted by molar-refractivity contribution is -0.384. The maximum Gasteiger partial charge on any atom is 0.293 e. The molecule has 6 fully saturated rings. The number of hydrogen-bond acceptors (Lipinski definition) is 19. The number of amides is 1. The number of H-pyrrole nitrogens is 1. The Morgan fingerprint density at radius 2 is 1.63 bits per heavy atom. The largest absolute Gasteiger partial charge is 0.493 e. The van der Waals surface area contributed by atoms with E-state index in [0.29, 0.717) is 81.6 Å². The number of rotatable bonds is 16. The van der Waals surface area contributed by atoms with Crippen molar-refractivity contribution in [1.29, 1.82) is 0 Å². The molecule has 23 heteroatoms. The summed E-state index contributed by atoms with van der Waals surface area (Å²) in [5.41, 5.74) is 6.45. The summed E-state index contributed by atoms with van der Waals surface area (Å²) < 4.78 is 67.4. The van der Waals surface area contributed by atoms with Gasteiger partial charge in [-0.2, -0.15) is 4.98 Å². The number of sulfonamides is 1. The van der Waals surface area contributed by atoms with Crippen LogP contribution in [-0.2, 0) is 30.7 Å². The molecule has 5 saturated heterocycles. The van der Waals surface area contributed by atoms with E-state index in [1.165, 1.54) is 29.0 Å². The van der Waals surface area contributed by atoms with Gasteiger partial charge in [-0.15, -0.1) is 0 Å². The van der Waals surface area contributed by atoms with Gasteiger partial charge < -0.3 is 53.4 Å². The number of aromatic nitrogens is 3. The third kappa shape index (κ3) is 11.8. The molecule has 9 heterocycles. The molecule has 1 saturated carbocycles. The van der Waals surface area contributed by atoms with Crippen molar-refractivity contribution in [2.24, 2.45) is 11.3 Å². The number of aryl methyl sites for hydroxylation is 1. The molecule has 4 atom stereocenters. The smallest absolute Gasteiger partial charge is 0.293 e. The number of nitro groups is 1. The first-order chi connectivity index (χ1) is 43.3. The van der Waals surface area contributed by atoms with Gasteiger partial charge in [-0.25, -0.2) is 18.1 Å². The van der Waals surface area contributed by atoms with Crippen LogP contribution in [0.15, 0.2) is 90.0 Å². The van der Waals surface area contributed by atoms with E-state index >= 15 is 0 Å². The number of piperidine rings is 1. The molecular weight excluding hydrogens is 1150 g/mol. The van der Waals surface area contributed by atoms with E-state index in [4.69, 9.17) is 38.4 Å². The SMILES string of the molecule is COc1cc2c(nc1N1CCOCC1)CCC[C@@H]2N1CCN(C2CC3(CCN(c4ccc(C(=O)NS(=O)(=O)c5ccc(NCC6CCOCC6)c([N+](=O)[O-])c5)c(N5c6cc7cc[nH]c7nc6O[C@H]6COCC[C@@H]65)c4)CC3)C2)[C@@H](c2ccccc2OC(C)C)C1. The Balaban J connectivity index is 0.722. The third-order valence-electron chi connectivity index (χ3n) is 20.1. The first-order valence-corrected chi connectivity index (χ1v) is 33.5. The van der Waals surface area contributed by atoms with Crippen LogP contribution in [0.2, 0.25) is 0 Å². The lowest BCUT2D eigenvalue weighted by Gasteiger charge is -2.59. The lowest BCUT2D eigenvalue weighted by atomic mass is 9.59. The molecule has 2 aliphatic carbocycles. The summed E-state index contributed by atoms with van der Waals surface area (Å²) in [6.07, 6.45) is 10.9. The number of pyridine rings is 2. The van der Waals surface area contributed by atoms with Crippen molar-refractivity contribution in [3.8, 4) is 17.4 Å². The molecule has 1 spiro atoms. The van der Waals surface area contributed by atoms with Gasteiger partial charge in [-0.1, -0.05) is 18.2 Å². The zero-order valence-corrected chi connectivity index (χ0v) is 51.9. The Hall–Kier alpha value is -7.28. The molecule has 1 amide bonds. The van der Waals surface area contributed by atoms with Crippen LogP contribution in [-0.4, -0.2) is 167 Å².